The Morgan fingerprint density at radius 1 is 0.893 bits per heavy atom. The van der Waals surface area contributed by atoms with E-state index in [1.165, 1.54) is 10.4 Å². The maximum absolute atomic E-state index is 13.4. The second kappa shape index (κ2) is 8.93. The summed E-state index contributed by atoms with van der Waals surface area (Å²) in [5.41, 5.74) is 0. The smallest absolute Gasteiger partial charge is 0.148 e. The van der Waals surface area contributed by atoms with Gasteiger partial charge >= 0.3 is 0 Å². The van der Waals surface area contributed by atoms with E-state index in [0.717, 1.165) is 6.54 Å². The summed E-state index contributed by atoms with van der Waals surface area (Å²) in [7, 11) is -1.84. The standard InChI is InChI=1S/C23H35NO2SSi/c1-20(17-24(5)6)18-27(25,26)19-28(23(2,3)4,21-13-9-7-10-14-21)22-15-11-8-12-16-22/h7-16,20H,17-19H2,1-6H3. The Hall–Kier alpha value is -1.43. The van der Waals surface area contributed by atoms with Gasteiger partial charge in [0.1, 0.15) is 17.9 Å². The molecule has 0 bridgehead atoms. The Morgan fingerprint density at radius 3 is 1.68 bits per heavy atom. The highest BCUT2D eigenvalue weighted by atomic mass is 32.2. The monoisotopic (exact) mass is 417 g/mol. The van der Waals surface area contributed by atoms with Gasteiger partial charge < -0.3 is 4.90 Å². The van der Waals surface area contributed by atoms with Gasteiger partial charge in [-0.3, -0.25) is 0 Å². The summed E-state index contributed by atoms with van der Waals surface area (Å²) >= 11 is 0. The number of rotatable bonds is 8. The minimum atomic E-state index is -3.23. The minimum Gasteiger partial charge on any atom is -0.309 e. The summed E-state index contributed by atoms with van der Waals surface area (Å²) in [6, 6.07) is 20.7. The van der Waals surface area contributed by atoms with Crippen molar-refractivity contribution in [2.24, 2.45) is 5.92 Å². The van der Waals surface area contributed by atoms with Crippen LogP contribution in [0.25, 0.3) is 0 Å². The molecule has 5 heteroatoms. The molecule has 2 aromatic rings. The second-order valence-electron chi connectivity index (χ2n) is 9.31. The van der Waals surface area contributed by atoms with Crippen LogP contribution in [0.15, 0.2) is 60.7 Å². The van der Waals surface area contributed by atoms with Crippen LogP contribution in [0.2, 0.25) is 5.04 Å². The molecular weight excluding hydrogens is 382 g/mol. The number of benzene rings is 2. The molecule has 28 heavy (non-hydrogen) atoms. The molecular formula is C23H35NO2SSi. The highest BCUT2D eigenvalue weighted by Gasteiger charge is 2.50. The van der Waals surface area contributed by atoms with Gasteiger partial charge in [-0.25, -0.2) is 8.42 Å². The first-order valence-corrected chi connectivity index (χ1v) is 14.0. The third kappa shape index (κ3) is 5.34. The third-order valence-electron chi connectivity index (χ3n) is 5.47. The average Bonchev–Trinajstić information content (AvgIpc) is 2.59. The van der Waals surface area contributed by atoms with Crippen molar-refractivity contribution in [1.29, 1.82) is 0 Å². The van der Waals surface area contributed by atoms with Crippen LogP contribution in [0.5, 0.6) is 0 Å². The molecule has 2 aromatic carbocycles. The summed E-state index contributed by atoms with van der Waals surface area (Å²) in [4.78, 5) is 2.06. The zero-order valence-electron chi connectivity index (χ0n) is 18.1. The van der Waals surface area contributed by atoms with Crippen molar-refractivity contribution >= 4 is 28.3 Å². The van der Waals surface area contributed by atoms with Crippen LogP contribution in [0.1, 0.15) is 27.7 Å². The fraction of sp³-hybridized carbons (Fsp3) is 0.478. The van der Waals surface area contributed by atoms with Gasteiger partial charge in [0.25, 0.3) is 0 Å². The van der Waals surface area contributed by atoms with Gasteiger partial charge in [-0.1, -0.05) is 98.7 Å². The number of nitrogens with zero attached hydrogens (tertiary/aromatic N) is 1. The summed E-state index contributed by atoms with van der Waals surface area (Å²) in [5.74, 6) is 0.341. The lowest BCUT2D eigenvalue weighted by atomic mass is 10.2. The van der Waals surface area contributed by atoms with Crippen LogP contribution in [-0.4, -0.2) is 53.2 Å². The van der Waals surface area contributed by atoms with E-state index in [-0.39, 0.29) is 22.1 Å². The molecule has 0 aromatic heterocycles. The number of hydrogen-bond donors (Lipinski definition) is 0. The molecule has 0 spiro atoms. The molecule has 0 N–H and O–H groups in total. The molecule has 0 aliphatic heterocycles. The Bertz CT molecular complexity index is 804. The van der Waals surface area contributed by atoms with E-state index >= 15 is 0 Å². The third-order valence-corrected chi connectivity index (χ3v) is 15.2. The SMILES string of the molecule is CC(CN(C)C)CS(=O)(=O)C[Si](c1ccccc1)(c1ccccc1)C(C)(C)C. The van der Waals surface area contributed by atoms with Gasteiger partial charge in [-0.15, -0.1) is 0 Å². The van der Waals surface area contributed by atoms with E-state index in [4.69, 9.17) is 0 Å². The predicted octanol–water partition coefficient (Wildman–Crippen LogP) is 3.20. The van der Waals surface area contributed by atoms with Crippen LogP contribution in [-0.2, 0) is 9.84 Å². The molecule has 0 heterocycles. The quantitative estimate of drug-likeness (QED) is 0.619. The summed E-state index contributed by atoms with van der Waals surface area (Å²) in [6.07, 6.45) is 0. The molecule has 0 aliphatic rings. The van der Waals surface area contributed by atoms with Gasteiger partial charge in [0.2, 0.25) is 0 Å². The Morgan fingerprint density at radius 2 is 1.32 bits per heavy atom. The van der Waals surface area contributed by atoms with Gasteiger partial charge in [0, 0.05) is 6.54 Å². The molecule has 0 aliphatic carbocycles. The van der Waals surface area contributed by atoms with E-state index in [1.54, 1.807) is 0 Å². The Labute approximate surface area is 172 Å². The first-order chi connectivity index (χ1) is 13.0. The Balaban J connectivity index is 2.59. The van der Waals surface area contributed by atoms with Crippen LogP contribution in [0.3, 0.4) is 0 Å². The van der Waals surface area contributed by atoms with E-state index in [1.807, 2.05) is 57.4 Å². The van der Waals surface area contributed by atoms with Gasteiger partial charge in [0.05, 0.1) is 11.1 Å². The summed E-state index contributed by atoms with van der Waals surface area (Å²) in [6.45, 7) is 9.43. The first kappa shape index (κ1) is 22.9. The fourth-order valence-corrected chi connectivity index (χ4v) is 15.1. The van der Waals surface area contributed by atoms with Gasteiger partial charge in [-0.2, -0.15) is 0 Å². The molecule has 2 rings (SSSR count). The maximum atomic E-state index is 13.4. The van der Waals surface area contributed by atoms with Crippen molar-refractivity contribution in [3.63, 3.8) is 0 Å². The molecule has 154 valence electrons. The first-order valence-electron chi connectivity index (χ1n) is 9.94. The maximum Gasteiger partial charge on any atom is 0.148 e. The topological polar surface area (TPSA) is 37.4 Å². The van der Waals surface area contributed by atoms with Crippen LogP contribution < -0.4 is 10.4 Å². The molecule has 0 amide bonds. The summed E-state index contributed by atoms with van der Waals surface area (Å²) in [5, 5.41) is 2.48. The molecule has 1 unspecified atom stereocenters. The van der Waals surface area contributed by atoms with E-state index < -0.39 is 17.9 Å². The van der Waals surface area contributed by atoms with Gasteiger partial charge in [0.15, 0.2) is 0 Å². The lowest BCUT2D eigenvalue weighted by Gasteiger charge is -2.44. The predicted molar refractivity (Wildman–Crippen MR) is 124 cm³/mol. The largest absolute Gasteiger partial charge is 0.309 e. The minimum absolute atomic E-state index is 0.109. The second-order valence-corrected chi connectivity index (χ2v) is 16.7. The molecule has 0 radical (unpaired) electrons. The summed E-state index contributed by atoms with van der Waals surface area (Å²) < 4.78 is 26.9. The van der Waals surface area contributed by atoms with Gasteiger partial charge in [-0.05, 0) is 25.1 Å². The van der Waals surface area contributed by atoms with Crippen molar-refractivity contribution in [2.75, 3.05) is 31.8 Å². The zero-order chi connectivity index (χ0) is 21.0. The van der Waals surface area contributed by atoms with Crippen LogP contribution in [0, 0.1) is 5.92 Å². The lowest BCUT2D eigenvalue weighted by Crippen LogP contribution is -2.68. The van der Waals surface area contributed by atoms with Crippen molar-refractivity contribution in [2.45, 2.75) is 32.7 Å². The number of sulfone groups is 1. The number of hydrogen-bond acceptors (Lipinski definition) is 3. The molecule has 3 nitrogen and oxygen atoms in total. The van der Waals surface area contributed by atoms with Crippen molar-refractivity contribution < 1.29 is 8.42 Å². The Kier molecular flexibility index (Phi) is 7.29. The molecule has 0 saturated carbocycles. The zero-order valence-corrected chi connectivity index (χ0v) is 20.0. The highest BCUT2D eigenvalue weighted by Crippen LogP contribution is 2.37. The van der Waals surface area contributed by atoms with E-state index in [9.17, 15) is 8.42 Å². The van der Waals surface area contributed by atoms with Crippen molar-refractivity contribution in [3.8, 4) is 0 Å². The van der Waals surface area contributed by atoms with Crippen LogP contribution >= 0.6 is 0 Å². The molecule has 1 atom stereocenters. The normalized spacial score (nSPS) is 14.2. The van der Waals surface area contributed by atoms with E-state index in [0.29, 0.717) is 0 Å². The highest BCUT2D eigenvalue weighted by molar-refractivity contribution is 7.93. The van der Waals surface area contributed by atoms with Crippen molar-refractivity contribution in [3.05, 3.63) is 60.7 Å². The van der Waals surface area contributed by atoms with Crippen LogP contribution in [0.4, 0.5) is 0 Å². The molecule has 0 fully saturated rings. The fourth-order valence-electron chi connectivity index (χ4n) is 4.36. The average molecular weight is 418 g/mol. The molecule has 0 saturated heterocycles. The lowest BCUT2D eigenvalue weighted by molar-refractivity contribution is 0.354. The van der Waals surface area contributed by atoms with E-state index in [2.05, 4.69) is 49.9 Å². The van der Waals surface area contributed by atoms with Crippen molar-refractivity contribution in [1.82, 2.24) is 4.90 Å².